The molecule has 5 heteroatoms. The Morgan fingerprint density at radius 3 is 1.95 bits per heavy atom. The van der Waals surface area contributed by atoms with Crippen molar-refractivity contribution >= 4 is 10.9 Å². The molecule has 0 spiro atoms. The maximum Gasteiger partial charge on any atom is 0.0646 e. The SMILES string of the molecule is CC1(C)CCCC2CCCC(C)(C)C(O)C2C1O.[Ir].[c-]1c(-c2ccccn2)n(-c2ccccc2)c2ccccc12. The topological polar surface area (TPSA) is 58.3 Å². The average Bonchev–Trinajstić information content (AvgIpc) is 3.23. The maximum absolute atomic E-state index is 10.8. The fraction of sp³-hybridized carbons (Fsp3) is 0.457. The largest absolute Gasteiger partial charge is 0.392 e. The number of benzene rings is 2. The number of nitrogens with zero attached hydrogens (tertiary/aromatic N) is 2. The molecule has 0 amide bonds. The second kappa shape index (κ2) is 12.7. The molecular weight excluding hydrogens is 673 g/mol. The summed E-state index contributed by atoms with van der Waals surface area (Å²) in [6.45, 7) is 8.63. The number of fused-ring (bicyclic) bond motifs is 2. The summed E-state index contributed by atoms with van der Waals surface area (Å²) >= 11 is 0. The van der Waals surface area contributed by atoms with Crippen molar-refractivity contribution in [3.63, 3.8) is 0 Å². The van der Waals surface area contributed by atoms with E-state index in [4.69, 9.17) is 0 Å². The molecule has 215 valence electrons. The van der Waals surface area contributed by atoms with Gasteiger partial charge in [0.25, 0.3) is 0 Å². The molecule has 2 unspecified atom stereocenters. The summed E-state index contributed by atoms with van der Waals surface area (Å²) in [5, 5.41) is 22.7. The first kappa shape index (κ1) is 30.7. The third-order valence-corrected chi connectivity index (χ3v) is 9.21. The Morgan fingerprint density at radius 2 is 1.35 bits per heavy atom. The van der Waals surface area contributed by atoms with E-state index in [0.29, 0.717) is 5.92 Å². The molecule has 2 aromatic heterocycles. The summed E-state index contributed by atoms with van der Waals surface area (Å²) in [7, 11) is 0. The van der Waals surface area contributed by atoms with Gasteiger partial charge in [-0.15, -0.1) is 23.6 Å². The molecule has 6 rings (SSSR count). The van der Waals surface area contributed by atoms with Gasteiger partial charge < -0.3 is 19.8 Å². The van der Waals surface area contributed by atoms with Crippen LogP contribution in [0.25, 0.3) is 28.0 Å². The van der Waals surface area contributed by atoms with Gasteiger partial charge in [0, 0.05) is 43.6 Å². The molecule has 0 aliphatic heterocycles. The number of rotatable bonds is 2. The van der Waals surface area contributed by atoms with Crippen LogP contribution in [0.5, 0.6) is 0 Å². The third kappa shape index (κ3) is 6.28. The first-order valence-electron chi connectivity index (χ1n) is 14.5. The molecule has 40 heavy (non-hydrogen) atoms. The minimum atomic E-state index is -0.364. The van der Waals surface area contributed by atoms with Gasteiger partial charge in [-0.3, -0.25) is 0 Å². The van der Waals surface area contributed by atoms with Crippen LogP contribution in [0.3, 0.4) is 0 Å². The Balaban J connectivity index is 0.000000183. The number of hydrogen-bond acceptors (Lipinski definition) is 3. The van der Waals surface area contributed by atoms with Gasteiger partial charge in [-0.2, -0.15) is 0 Å². The van der Waals surface area contributed by atoms with Crippen molar-refractivity contribution in [3.05, 3.63) is 85.1 Å². The van der Waals surface area contributed by atoms with E-state index in [2.05, 4.69) is 73.6 Å². The van der Waals surface area contributed by atoms with Crippen LogP contribution in [-0.2, 0) is 20.1 Å². The van der Waals surface area contributed by atoms with E-state index in [-0.39, 0.29) is 49.1 Å². The Morgan fingerprint density at radius 1 is 0.775 bits per heavy atom. The monoisotopic (exact) mass is 716 g/mol. The molecule has 1 radical (unpaired) electrons. The molecule has 2 saturated carbocycles. The van der Waals surface area contributed by atoms with E-state index < -0.39 is 0 Å². The van der Waals surface area contributed by atoms with Crippen molar-refractivity contribution in [2.45, 2.75) is 78.4 Å². The predicted molar refractivity (Wildman–Crippen MR) is 160 cm³/mol. The molecular formula is C35H43IrN2O2-. The van der Waals surface area contributed by atoms with E-state index in [9.17, 15) is 10.2 Å². The molecule has 2 aliphatic carbocycles. The molecule has 4 nitrogen and oxygen atoms in total. The van der Waals surface area contributed by atoms with Crippen molar-refractivity contribution < 1.29 is 30.3 Å². The van der Waals surface area contributed by atoms with Gasteiger partial charge in [0.15, 0.2) is 0 Å². The van der Waals surface area contributed by atoms with E-state index >= 15 is 0 Å². The Hall–Kier alpha value is -2.30. The Labute approximate surface area is 253 Å². The Kier molecular flexibility index (Phi) is 9.73. The van der Waals surface area contributed by atoms with Crippen LogP contribution in [-0.4, -0.2) is 32.0 Å². The van der Waals surface area contributed by atoms with Gasteiger partial charge in [0.1, 0.15) is 0 Å². The molecule has 2 N–H and O–H groups in total. The molecule has 4 aromatic rings. The summed E-state index contributed by atoms with van der Waals surface area (Å²) in [5.41, 5.74) is 4.07. The molecule has 2 aromatic carbocycles. The fourth-order valence-electron chi connectivity index (χ4n) is 6.80. The third-order valence-electron chi connectivity index (χ3n) is 9.21. The molecule has 2 heterocycles. The summed E-state index contributed by atoms with van der Waals surface area (Å²) in [4.78, 5) is 4.48. The van der Waals surface area contributed by atoms with Crippen molar-refractivity contribution in [3.8, 4) is 17.1 Å². The summed E-state index contributed by atoms with van der Waals surface area (Å²) in [6.07, 6.45) is 7.99. The molecule has 0 saturated heterocycles. The van der Waals surface area contributed by atoms with Crippen LogP contribution in [0.1, 0.15) is 66.2 Å². The molecule has 2 fully saturated rings. The molecule has 2 atom stereocenters. The van der Waals surface area contributed by atoms with E-state index in [1.54, 1.807) is 0 Å². The number of aromatic nitrogens is 2. The molecule has 0 bridgehead atoms. The normalized spacial score (nSPS) is 25.4. The minimum Gasteiger partial charge on any atom is -0.392 e. The van der Waals surface area contributed by atoms with Gasteiger partial charge in [-0.05, 0) is 71.8 Å². The zero-order valence-electron chi connectivity index (χ0n) is 24.2. The van der Waals surface area contributed by atoms with Crippen molar-refractivity contribution in [2.75, 3.05) is 0 Å². The van der Waals surface area contributed by atoms with Crippen LogP contribution in [0, 0.1) is 28.7 Å². The number of pyridine rings is 1. The van der Waals surface area contributed by atoms with Crippen molar-refractivity contribution in [1.29, 1.82) is 0 Å². The van der Waals surface area contributed by atoms with Gasteiger partial charge in [0.05, 0.1) is 12.2 Å². The molecule has 2 aliphatic rings. The zero-order chi connectivity index (χ0) is 27.6. The number of hydrogen-bond donors (Lipinski definition) is 2. The first-order chi connectivity index (χ1) is 18.7. The van der Waals surface area contributed by atoms with Gasteiger partial charge in [0.2, 0.25) is 0 Å². The van der Waals surface area contributed by atoms with E-state index in [0.717, 1.165) is 40.8 Å². The van der Waals surface area contributed by atoms with Crippen LogP contribution in [0.2, 0.25) is 0 Å². The standard InChI is InChI=1S/C19H13N2.C16H30O2.Ir/c1-2-9-16(10-3-1)21-18-12-5-4-8-15(18)14-19(21)17-11-6-7-13-20-17;1-15(2)9-5-7-11-8-6-10-16(3,4)14(18)12(11)13(15)17;/h1-13H;11-14,17-18H,5-10H2,1-4H3;/q-1;;. The quantitative estimate of drug-likeness (QED) is 0.208. The summed E-state index contributed by atoms with van der Waals surface area (Å²) in [5.74, 6) is 0.582. The second-order valence-electron chi connectivity index (χ2n) is 12.9. The second-order valence-corrected chi connectivity index (χ2v) is 12.9. The zero-order valence-corrected chi connectivity index (χ0v) is 26.6. The van der Waals surface area contributed by atoms with Crippen LogP contribution < -0.4 is 0 Å². The van der Waals surface area contributed by atoms with Crippen LogP contribution in [0.15, 0.2) is 79.0 Å². The summed E-state index contributed by atoms with van der Waals surface area (Å²) in [6, 6.07) is 28.1. The van der Waals surface area contributed by atoms with Gasteiger partial charge in [-0.25, -0.2) is 0 Å². The Bertz CT molecular complexity index is 1340. The number of para-hydroxylation sites is 2. The fourth-order valence-corrected chi connectivity index (χ4v) is 6.80. The van der Waals surface area contributed by atoms with Gasteiger partial charge in [-0.1, -0.05) is 83.0 Å². The smallest absolute Gasteiger partial charge is 0.0646 e. The van der Waals surface area contributed by atoms with E-state index in [1.807, 2.05) is 48.7 Å². The van der Waals surface area contributed by atoms with Crippen molar-refractivity contribution in [1.82, 2.24) is 9.55 Å². The predicted octanol–water partition coefficient (Wildman–Crippen LogP) is 7.85. The van der Waals surface area contributed by atoms with Gasteiger partial charge >= 0.3 is 0 Å². The maximum atomic E-state index is 10.8. The van der Waals surface area contributed by atoms with E-state index in [1.165, 1.54) is 25.7 Å². The summed E-state index contributed by atoms with van der Waals surface area (Å²) < 4.78 is 2.21. The average molecular weight is 716 g/mol. The number of aliphatic hydroxyl groups is 2. The minimum absolute atomic E-state index is 0. The van der Waals surface area contributed by atoms with Crippen LogP contribution in [0.4, 0.5) is 0 Å². The first-order valence-corrected chi connectivity index (χ1v) is 14.5. The van der Waals surface area contributed by atoms with Crippen molar-refractivity contribution in [2.24, 2.45) is 22.7 Å². The van der Waals surface area contributed by atoms with Crippen LogP contribution >= 0.6 is 0 Å². The number of aliphatic hydroxyl groups excluding tert-OH is 2.